The van der Waals surface area contributed by atoms with Crippen LogP contribution in [0, 0.1) is 11.7 Å². The van der Waals surface area contributed by atoms with E-state index in [4.69, 9.17) is 9.72 Å². The van der Waals surface area contributed by atoms with Crippen LogP contribution >= 0.6 is 0 Å². The highest BCUT2D eigenvalue weighted by Crippen LogP contribution is 2.44. The Hall–Kier alpha value is -4.14. The number of nitrogens with one attached hydrogen (secondary N) is 3. The van der Waals surface area contributed by atoms with E-state index in [1.807, 2.05) is 36.5 Å². The first-order valence-corrected chi connectivity index (χ1v) is 13.4. The van der Waals surface area contributed by atoms with Crippen molar-refractivity contribution in [2.45, 2.75) is 43.9 Å². The van der Waals surface area contributed by atoms with E-state index in [1.165, 1.54) is 17.7 Å². The molecule has 2 aliphatic rings. The second-order valence-corrected chi connectivity index (χ2v) is 10.5. The average Bonchev–Trinajstić information content (AvgIpc) is 3.60. The molecule has 1 saturated heterocycles. The van der Waals surface area contributed by atoms with Crippen molar-refractivity contribution in [1.82, 2.24) is 30.8 Å². The molecule has 4 atom stereocenters. The number of imidazole rings is 1. The minimum Gasteiger partial charge on any atom is -0.487 e. The minimum absolute atomic E-state index is 0.0119. The van der Waals surface area contributed by atoms with Crippen molar-refractivity contribution in [3.63, 3.8) is 0 Å². The van der Waals surface area contributed by atoms with Crippen molar-refractivity contribution in [1.29, 1.82) is 0 Å². The molecule has 1 aliphatic carbocycles. The van der Waals surface area contributed by atoms with E-state index < -0.39 is 0 Å². The highest BCUT2D eigenvalue weighted by atomic mass is 19.1. The number of hydrogen-bond donors (Lipinski definition) is 3. The van der Waals surface area contributed by atoms with Crippen LogP contribution in [0.2, 0.25) is 0 Å². The van der Waals surface area contributed by atoms with Gasteiger partial charge in [0.2, 0.25) is 0 Å². The molecule has 0 amide bonds. The maximum atomic E-state index is 13.9. The molecule has 0 radical (unpaired) electrons. The lowest BCUT2D eigenvalue weighted by Gasteiger charge is -2.33. The SMILES string of the molecule is Fc1cccc(-c2ccnc3nc(C4NNC5CCC(c6cncc(OCc7ccccc7)c6)CC54)[nH]c23)c1. The first kappa shape index (κ1) is 23.9. The molecule has 7 rings (SSSR count). The Morgan fingerprint density at radius 2 is 1.87 bits per heavy atom. The lowest BCUT2D eigenvalue weighted by Crippen LogP contribution is -2.34. The fraction of sp³-hybridized carbons (Fsp3) is 0.258. The summed E-state index contributed by atoms with van der Waals surface area (Å²) in [5.74, 6) is 2.11. The summed E-state index contributed by atoms with van der Waals surface area (Å²) in [6.07, 6.45) is 8.63. The number of hydrazine groups is 1. The van der Waals surface area contributed by atoms with Crippen molar-refractivity contribution < 1.29 is 9.13 Å². The highest BCUT2D eigenvalue weighted by molar-refractivity contribution is 5.89. The summed E-state index contributed by atoms with van der Waals surface area (Å²) in [4.78, 5) is 17.4. The monoisotopic (exact) mass is 520 g/mol. The van der Waals surface area contributed by atoms with Crippen LogP contribution in [0.25, 0.3) is 22.3 Å². The predicted molar refractivity (Wildman–Crippen MR) is 147 cm³/mol. The van der Waals surface area contributed by atoms with E-state index in [1.54, 1.807) is 18.5 Å². The molecule has 4 unspecified atom stereocenters. The lowest BCUT2D eigenvalue weighted by molar-refractivity contribution is 0.272. The van der Waals surface area contributed by atoms with E-state index in [9.17, 15) is 4.39 Å². The van der Waals surface area contributed by atoms with Crippen LogP contribution in [0.1, 0.15) is 48.2 Å². The quantitative estimate of drug-likeness (QED) is 0.261. The predicted octanol–water partition coefficient (Wildman–Crippen LogP) is 5.84. The van der Waals surface area contributed by atoms with E-state index in [-0.39, 0.29) is 11.9 Å². The molecule has 39 heavy (non-hydrogen) atoms. The Morgan fingerprint density at radius 1 is 0.949 bits per heavy atom. The molecule has 7 nitrogen and oxygen atoms in total. The Labute approximate surface area is 225 Å². The number of hydrogen-bond acceptors (Lipinski definition) is 6. The Balaban J connectivity index is 1.12. The molecule has 5 aromatic rings. The summed E-state index contributed by atoms with van der Waals surface area (Å²) < 4.78 is 20.0. The Bertz CT molecular complexity index is 1610. The van der Waals surface area contributed by atoms with Crippen molar-refractivity contribution >= 4 is 11.2 Å². The number of nitrogens with zero attached hydrogens (tertiary/aromatic N) is 3. The van der Waals surface area contributed by atoms with Crippen LogP contribution < -0.4 is 15.6 Å². The van der Waals surface area contributed by atoms with E-state index in [0.717, 1.165) is 53.0 Å². The zero-order chi connectivity index (χ0) is 26.2. The van der Waals surface area contributed by atoms with E-state index >= 15 is 0 Å². The molecule has 4 heterocycles. The first-order chi connectivity index (χ1) is 19.2. The number of rotatable bonds is 6. The number of benzene rings is 2. The summed E-state index contributed by atoms with van der Waals surface area (Å²) in [5.41, 5.74) is 12.5. The topological polar surface area (TPSA) is 87.8 Å². The molecule has 0 bridgehead atoms. The smallest absolute Gasteiger partial charge is 0.178 e. The summed E-state index contributed by atoms with van der Waals surface area (Å²) in [5, 5.41) is 0. The zero-order valence-electron chi connectivity index (χ0n) is 21.3. The molecule has 2 aromatic carbocycles. The van der Waals surface area contributed by atoms with Gasteiger partial charge < -0.3 is 9.72 Å². The number of fused-ring (bicyclic) bond motifs is 2. The third kappa shape index (κ3) is 4.77. The molecular formula is C31H29FN6O. The van der Waals surface area contributed by atoms with Gasteiger partial charge in [-0.25, -0.2) is 19.8 Å². The third-order valence-corrected chi connectivity index (χ3v) is 8.05. The van der Waals surface area contributed by atoms with Gasteiger partial charge in [0.15, 0.2) is 5.65 Å². The molecule has 8 heteroatoms. The van der Waals surface area contributed by atoms with Crippen LogP contribution in [0.5, 0.6) is 5.75 Å². The number of H-pyrrole nitrogens is 1. The third-order valence-electron chi connectivity index (χ3n) is 8.05. The standard InChI is InChI=1S/C31H29FN6O/c32-23-8-4-7-21(13-23)25-11-12-34-30-28(25)35-31(36-30)29-26-15-20(9-10-27(26)37-38-29)22-14-24(17-33-16-22)39-18-19-5-2-1-3-6-19/h1-8,11-14,16-17,20,26-27,29,37-38H,9-10,15,18H2,(H,34,35,36). The van der Waals surface area contributed by atoms with Gasteiger partial charge in [0.25, 0.3) is 0 Å². The fourth-order valence-electron chi connectivity index (χ4n) is 6.08. The molecule has 2 fully saturated rings. The van der Waals surface area contributed by atoms with E-state index in [0.29, 0.717) is 30.1 Å². The largest absolute Gasteiger partial charge is 0.487 e. The molecule has 196 valence electrons. The number of aromatic amines is 1. The van der Waals surface area contributed by atoms with Crippen molar-refractivity contribution in [3.8, 4) is 16.9 Å². The van der Waals surface area contributed by atoms with Gasteiger partial charge >= 0.3 is 0 Å². The summed E-state index contributed by atoms with van der Waals surface area (Å²) >= 11 is 0. The molecule has 0 spiro atoms. The average molecular weight is 521 g/mol. The van der Waals surface area contributed by atoms with Crippen LogP contribution in [0.15, 0.2) is 85.3 Å². The molecular weight excluding hydrogens is 491 g/mol. The van der Waals surface area contributed by atoms with Crippen molar-refractivity contribution in [3.05, 3.63) is 108 Å². The van der Waals surface area contributed by atoms with Crippen LogP contribution in [-0.4, -0.2) is 26.0 Å². The first-order valence-electron chi connectivity index (χ1n) is 13.4. The number of halogens is 1. The normalized spacial score (nSPS) is 22.6. The summed E-state index contributed by atoms with van der Waals surface area (Å²) in [6, 6.07) is 21.2. The molecule has 1 saturated carbocycles. The van der Waals surface area contributed by atoms with Gasteiger partial charge in [0.1, 0.15) is 24.0 Å². The number of ether oxygens (including phenoxy) is 1. The number of aromatic nitrogens is 4. The molecule has 3 aromatic heterocycles. The molecule has 3 N–H and O–H groups in total. The van der Waals surface area contributed by atoms with Gasteiger partial charge in [-0.2, -0.15) is 0 Å². The second-order valence-electron chi connectivity index (χ2n) is 10.5. The van der Waals surface area contributed by atoms with E-state index in [2.05, 4.69) is 44.0 Å². The van der Waals surface area contributed by atoms with Gasteiger partial charge in [0.05, 0.1) is 17.8 Å². The minimum atomic E-state index is -0.265. The fourth-order valence-corrected chi connectivity index (χ4v) is 6.08. The van der Waals surface area contributed by atoms with Crippen LogP contribution in [-0.2, 0) is 6.61 Å². The lowest BCUT2D eigenvalue weighted by atomic mass is 9.73. The summed E-state index contributed by atoms with van der Waals surface area (Å²) in [6.45, 7) is 0.523. The zero-order valence-corrected chi connectivity index (χ0v) is 21.3. The van der Waals surface area contributed by atoms with Crippen LogP contribution in [0.4, 0.5) is 4.39 Å². The maximum Gasteiger partial charge on any atom is 0.178 e. The van der Waals surface area contributed by atoms with Gasteiger partial charge in [0, 0.05) is 24.0 Å². The molecule has 1 aliphatic heterocycles. The van der Waals surface area contributed by atoms with Crippen molar-refractivity contribution in [2.24, 2.45) is 5.92 Å². The van der Waals surface area contributed by atoms with Gasteiger partial charge in [-0.05, 0) is 72.1 Å². The van der Waals surface area contributed by atoms with Crippen molar-refractivity contribution in [2.75, 3.05) is 0 Å². The van der Waals surface area contributed by atoms with Gasteiger partial charge in [-0.15, -0.1) is 0 Å². The number of pyridine rings is 2. The van der Waals surface area contributed by atoms with Gasteiger partial charge in [-0.3, -0.25) is 10.4 Å². The maximum absolute atomic E-state index is 13.9. The summed E-state index contributed by atoms with van der Waals surface area (Å²) in [7, 11) is 0. The highest BCUT2D eigenvalue weighted by Gasteiger charge is 2.42. The Kier molecular flexibility index (Phi) is 6.26. The Morgan fingerprint density at radius 3 is 2.77 bits per heavy atom. The second kappa shape index (κ2) is 10.2. The van der Waals surface area contributed by atoms with Gasteiger partial charge in [-0.1, -0.05) is 42.5 Å². The van der Waals surface area contributed by atoms with Crippen LogP contribution in [0.3, 0.4) is 0 Å².